The molecule has 0 bridgehead atoms. The van der Waals surface area contributed by atoms with Gasteiger partial charge in [0.2, 0.25) is 0 Å². The van der Waals surface area contributed by atoms with Gasteiger partial charge in [0.05, 0.1) is 0 Å². The van der Waals surface area contributed by atoms with Crippen molar-refractivity contribution in [2.45, 2.75) is 71.6 Å². The Morgan fingerprint density at radius 3 is 1.72 bits per heavy atom. The van der Waals surface area contributed by atoms with Crippen molar-refractivity contribution in [1.29, 1.82) is 0 Å². The molecule has 0 radical (unpaired) electrons. The van der Waals surface area contributed by atoms with E-state index in [0.717, 1.165) is 12.8 Å². The van der Waals surface area contributed by atoms with Crippen LogP contribution in [-0.2, 0) is 19.3 Å². The van der Waals surface area contributed by atoms with Gasteiger partial charge in [-0.1, -0.05) is 100 Å². The van der Waals surface area contributed by atoms with Crippen LogP contribution in [0.4, 0.5) is 0 Å². The molecule has 0 aliphatic carbocycles. The normalized spacial score (nSPS) is 11.3. The Morgan fingerprint density at radius 2 is 1.16 bits per heavy atom. The molecule has 25 heavy (non-hydrogen) atoms. The van der Waals surface area contributed by atoms with Gasteiger partial charge in [-0.3, -0.25) is 0 Å². The summed E-state index contributed by atoms with van der Waals surface area (Å²) in [6.45, 7) is 4.50. The average Bonchev–Trinajstić information content (AvgIpc) is 2.65. The highest BCUT2D eigenvalue weighted by Gasteiger charge is 1.97. The molecular formula is C25H34. The highest BCUT2D eigenvalue weighted by molar-refractivity contribution is 5.49. The van der Waals surface area contributed by atoms with Gasteiger partial charge in [-0.05, 0) is 54.4 Å². The predicted octanol–water partition coefficient (Wildman–Crippen LogP) is 7.41. The Bertz CT molecular complexity index is 601. The maximum Gasteiger partial charge on any atom is -0.0238 e. The van der Waals surface area contributed by atoms with Gasteiger partial charge in [-0.25, -0.2) is 0 Å². The van der Waals surface area contributed by atoms with E-state index < -0.39 is 0 Å². The van der Waals surface area contributed by atoms with E-state index in [4.69, 9.17) is 0 Å². The topological polar surface area (TPSA) is 0 Å². The van der Waals surface area contributed by atoms with E-state index in [1.165, 1.54) is 67.2 Å². The van der Waals surface area contributed by atoms with Gasteiger partial charge in [-0.15, -0.1) is 0 Å². The average molecular weight is 335 g/mol. The molecule has 0 aromatic heterocycles. The summed E-state index contributed by atoms with van der Waals surface area (Å²) in [5, 5.41) is 0. The number of hydrogen-bond donors (Lipinski definition) is 0. The fraction of sp³-hybridized carbons (Fsp3) is 0.440. The van der Waals surface area contributed by atoms with Crippen LogP contribution >= 0.6 is 0 Å². The van der Waals surface area contributed by atoms with Crippen LogP contribution in [-0.4, -0.2) is 0 Å². The number of rotatable bonds is 11. The van der Waals surface area contributed by atoms with Gasteiger partial charge in [0.25, 0.3) is 0 Å². The van der Waals surface area contributed by atoms with Gasteiger partial charge in [0.1, 0.15) is 0 Å². The molecule has 0 aliphatic rings. The van der Waals surface area contributed by atoms with Crippen LogP contribution in [0.25, 0.3) is 6.08 Å². The highest BCUT2D eigenvalue weighted by atomic mass is 14.0. The van der Waals surface area contributed by atoms with Crippen molar-refractivity contribution < 1.29 is 0 Å². The molecule has 0 heterocycles. The van der Waals surface area contributed by atoms with Crippen molar-refractivity contribution in [2.75, 3.05) is 0 Å². The van der Waals surface area contributed by atoms with Crippen molar-refractivity contribution >= 4 is 6.08 Å². The van der Waals surface area contributed by atoms with Gasteiger partial charge in [0.15, 0.2) is 0 Å². The minimum absolute atomic E-state index is 1.12. The fourth-order valence-corrected chi connectivity index (χ4v) is 3.15. The molecule has 0 atom stereocenters. The van der Waals surface area contributed by atoms with E-state index in [1.807, 2.05) is 0 Å². The molecule has 0 nitrogen and oxygen atoms in total. The molecule has 0 fully saturated rings. The molecule has 0 saturated heterocycles. The van der Waals surface area contributed by atoms with Crippen molar-refractivity contribution in [1.82, 2.24) is 0 Å². The third-order valence-electron chi connectivity index (χ3n) is 4.78. The third-order valence-corrected chi connectivity index (χ3v) is 4.78. The molecule has 0 unspecified atom stereocenters. The molecular weight excluding hydrogens is 300 g/mol. The van der Waals surface area contributed by atoms with Crippen LogP contribution in [0.5, 0.6) is 0 Å². The first kappa shape index (κ1) is 19.5. The Morgan fingerprint density at radius 1 is 0.600 bits per heavy atom. The first-order valence-corrected chi connectivity index (χ1v) is 10.1. The lowest BCUT2D eigenvalue weighted by molar-refractivity contribution is 0.675. The van der Waals surface area contributed by atoms with E-state index in [0.29, 0.717) is 0 Å². The van der Waals surface area contributed by atoms with Gasteiger partial charge in [-0.2, -0.15) is 0 Å². The second-order valence-electron chi connectivity index (χ2n) is 7.06. The number of benzene rings is 2. The van der Waals surface area contributed by atoms with E-state index >= 15 is 0 Å². The Kier molecular flexibility index (Phi) is 9.12. The van der Waals surface area contributed by atoms with Gasteiger partial charge >= 0.3 is 0 Å². The van der Waals surface area contributed by atoms with Crippen LogP contribution in [0, 0.1) is 0 Å². The molecule has 0 amide bonds. The molecule has 0 spiro atoms. The summed E-state index contributed by atoms with van der Waals surface area (Å²) in [4.78, 5) is 0. The van der Waals surface area contributed by atoms with Crippen LogP contribution in [0.3, 0.4) is 0 Å². The summed E-state index contributed by atoms with van der Waals surface area (Å²) < 4.78 is 0. The van der Waals surface area contributed by atoms with Crippen molar-refractivity contribution in [3.05, 3.63) is 76.9 Å². The smallest absolute Gasteiger partial charge is 0.0238 e. The van der Waals surface area contributed by atoms with Crippen molar-refractivity contribution in [3.8, 4) is 0 Å². The zero-order valence-electron chi connectivity index (χ0n) is 16.1. The molecule has 0 N–H and O–H groups in total. The minimum Gasteiger partial charge on any atom is -0.0839 e. The van der Waals surface area contributed by atoms with E-state index in [-0.39, 0.29) is 0 Å². The Hall–Kier alpha value is -1.82. The SMILES string of the molecule is CCCCCCC=Cc1ccc(CCc2ccc(CCC)cc2)cc1. The molecule has 2 aromatic carbocycles. The largest absolute Gasteiger partial charge is 0.0839 e. The van der Waals surface area contributed by atoms with Crippen LogP contribution in [0.1, 0.15) is 74.6 Å². The second-order valence-corrected chi connectivity index (χ2v) is 7.06. The van der Waals surface area contributed by atoms with Crippen LogP contribution < -0.4 is 0 Å². The lowest BCUT2D eigenvalue weighted by atomic mass is 10.0. The zero-order valence-corrected chi connectivity index (χ0v) is 16.1. The Labute approximate surface area is 155 Å². The summed E-state index contributed by atoms with van der Waals surface area (Å²) in [6, 6.07) is 18.2. The Balaban J connectivity index is 1.75. The van der Waals surface area contributed by atoms with E-state index in [9.17, 15) is 0 Å². The number of unbranched alkanes of at least 4 members (excludes halogenated alkanes) is 4. The summed E-state index contributed by atoms with van der Waals surface area (Å²) in [6.07, 6.45) is 15.8. The van der Waals surface area contributed by atoms with E-state index in [1.54, 1.807) is 0 Å². The van der Waals surface area contributed by atoms with Crippen molar-refractivity contribution in [2.24, 2.45) is 0 Å². The maximum atomic E-state index is 2.32. The molecule has 2 aromatic rings. The van der Waals surface area contributed by atoms with E-state index in [2.05, 4.69) is 74.5 Å². The zero-order chi connectivity index (χ0) is 17.7. The lowest BCUT2D eigenvalue weighted by Crippen LogP contribution is -1.92. The highest BCUT2D eigenvalue weighted by Crippen LogP contribution is 2.13. The van der Waals surface area contributed by atoms with Crippen LogP contribution in [0.15, 0.2) is 54.6 Å². The summed E-state index contributed by atoms with van der Waals surface area (Å²) >= 11 is 0. The summed E-state index contributed by atoms with van der Waals surface area (Å²) in [5.41, 5.74) is 5.65. The monoisotopic (exact) mass is 334 g/mol. The first-order chi connectivity index (χ1) is 12.3. The van der Waals surface area contributed by atoms with Crippen LogP contribution in [0.2, 0.25) is 0 Å². The molecule has 0 saturated carbocycles. The molecule has 134 valence electrons. The standard InChI is InChI=1S/C25H34/c1-3-5-6-7-8-9-11-23-14-18-25(19-15-23)21-20-24-16-12-22(10-4-2)13-17-24/h9,11-19H,3-8,10,20-21H2,1-2H3. The summed E-state index contributed by atoms with van der Waals surface area (Å²) in [5.74, 6) is 0. The first-order valence-electron chi connectivity index (χ1n) is 10.1. The number of allylic oxidation sites excluding steroid dienone is 1. The predicted molar refractivity (Wildman–Crippen MR) is 112 cm³/mol. The number of hydrogen-bond acceptors (Lipinski definition) is 0. The molecule has 0 aliphatic heterocycles. The van der Waals surface area contributed by atoms with Gasteiger partial charge in [0, 0.05) is 0 Å². The quantitative estimate of drug-likeness (QED) is 0.375. The maximum absolute atomic E-state index is 2.32. The lowest BCUT2D eigenvalue weighted by Gasteiger charge is -2.05. The fourth-order valence-electron chi connectivity index (χ4n) is 3.15. The van der Waals surface area contributed by atoms with Crippen molar-refractivity contribution in [3.63, 3.8) is 0 Å². The molecule has 0 heteroatoms. The third kappa shape index (κ3) is 7.73. The second kappa shape index (κ2) is 11.7. The van der Waals surface area contributed by atoms with Gasteiger partial charge < -0.3 is 0 Å². The molecule has 2 rings (SSSR count). The summed E-state index contributed by atoms with van der Waals surface area (Å²) in [7, 11) is 0. The number of aryl methyl sites for hydroxylation is 3. The minimum atomic E-state index is 1.12.